The van der Waals surface area contributed by atoms with E-state index in [9.17, 15) is 0 Å². The maximum Gasteiger partial charge on any atom is 0.145 e. The maximum absolute atomic E-state index is 5.54. The monoisotopic (exact) mass is 257 g/mol. The first kappa shape index (κ1) is 12.4. The third kappa shape index (κ3) is 2.84. The summed E-state index contributed by atoms with van der Waals surface area (Å²) in [5.41, 5.74) is 1.86. The first-order chi connectivity index (χ1) is 9.33. The second-order valence-corrected chi connectivity index (χ2v) is 5.15. The van der Waals surface area contributed by atoms with Crippen molar-refractivity contribution in [2.24, 2.45) is 5.92 Å². The molecule has 1 aromatic heterocycles. The Bertz CT molecular complexity index is 552. The van der Waals surface area contributed by atoms with Crippen molar-refractivity contribution in [1.29, 1.82) is 0 Å². The summed E-state index contributed by atoms with van der Waals surface area (Å²) in [6.07, 6.45) is 4.18. The van der Waals surface area contributed by atoms with Crippen LogP contribution in [0.5, 0.6) is 0 Å². The van der Waals surface area contributed by atoms with E-state index in [1.165, 1.54) is 6.42 Å². The maximum atomic E-state index is 5.54. The molecule has 0 aliphatic carbocycles. The molecular weight excluding hydrogens is 238 g/mol. The lowest BCUT2D eigenvalue weighted by Gasteiger charge is -2.28. The molecule has 4 heteroatoms. The smallest absolute Gasteiger partial charge is 0.145 e. The number of nitrogens with zero attached hydrogens (tertiary/aromatic N) is 2. The van der Waals surface area contributed by atoms with Gasteiger partial charge in [0, 0.05) is 18.6 Å². The summed E-state index contributed by atoms with van der Waals surface area (Å²) in [6, 6.07) is 8.29. The highest BCUT2D eigenvalue weighted by Gasteiger charge is 2.20. The van der Waals surface area contributed by atoms with Crippen LogP contribution in [0, 0.1) is 5.92 Å². The highest BCUT2D eigenvalue weighted by atomic mass is 16.5. The van der Waals surface area contributed by atoms with Crippen LogP contribution in [0.4, 0.5) is 5.82 Å². The molecule has 3 rings (SSSR count). The fourth-order valence-electron chi connectivity index (χ4n) is 2.54. The van der Waals surface area contributed by atoms with Crippen molar-refractivity contribution in [3.8, 4) is 0 Å². The lowest BCUT2D eigenvalue weighted by Crippen LogP contribution is -2.32. The van der Waals surface area contributed by atoms with Crippen molar-refractivity contribution in [2.75, 3.05) is 18.5 Å². The Hall–Kier alpha value is -1.68. The third-order valence-corrected chi connectivity index (χ3v) is 3.73. The van der Waals surface area contributed by atoms with Crippen LogP contribution in [0.2, 0.25) is 0 Å². The van der Waals surface area contributed by atoms with Crippen molar-refractivity contribution in [2.45, 2.75) is 25.8 Å². The molecule has 1 saturated heterocycles. The number of anilines is 1. The second-order valence-electron chi connectivity index (χ2n) is 5.15. The minimum atomic E-state index is 0.357. The summed E-state index contributed by atoms with van der Waals surface area (Å²) in [7, 11) is 0. The van der Waals surface area contributed by atoms with Crippen LogP contribution in [-0.2, 0) is 4.74 Å². The molecule has 0 spiro atoms. The standard InChI is InChI=1S/C15H19N3O/c1-11(12-5-4-8-19-10-12)17-15-9-16-13-6-2-3-7-14(13)18-15/h2-3,6-7,9,11-12H,4-5,8,10H2,1H3,(H,17,18)/t11-,12-/m0/s1. The van der Waals surface area contributed by atoms with E-state index in [2.05, 4.69) is 22.2 Å². The zero-order valence-electron chi connectivity index (χ0n) is 11.2. The van der Waals surface area contributed by atoms with Crippen LogP contribution in [-0.4, -0.2) is 29.2 Å². The summed E-state index contributed by atoms with van der Waals surface area (Å²) >= 11 is 0. The number of fused-ring (bicyclic) bond motifs is 1. The summed E-state index contributed by atoms with van der Waals surface area (Å²) < 4.78 is 5.54. The predicted molar refractivity (Wildman–Crippen MR) is 76.2 cm³/mol. The third-order valence-electron chi connectivity index (χ3n) is 3.73. The molecule has 1 aliphatic heterocycles. The number of hydrogen-bond donors (Lipinski definition) is 1. The van der Waals surface area contributed by atoms with Crippen LogP contribution in [0.25, 0.3) is 11.0 Å². The van der Waals surface area contributed by atoms with Crippen LogP contribution in [0.1, 0.15) is 19.8 Å². The number of para-hydroxylation sites is 2. The molecule has 0 saturated carbocycles. The molecule has 0 bridgehead atoms. The van der Waals surface area contributed by atoms with E-state index in [-0.39, 0.29) is 0 Å². The Kier molecular flexibility index (Phi) is 3.60. The van der Waals surface area contributed by atoms with Crippen molar-refractivity contribution >= 4 is 16.9 Å². The Labute approximate surface area is 113 Å². The van der Waals surface area contributed by atoms with Gasteiger partial charge in [0.15, 0.2) is 0 Å². The van der Waals surface area contributed by atoms with Crippen molar-refractivity contribution in [3.63, 3.8) is 0 Å². The molecule has 0 radical (unpaired) electrons. The lowest BCUT2D eigenvalue weighted by atomic mass is 9.95. The van der Waals surface area contributed by atoms with Gasteiger partial charge >= 0.3 is 0 Å². The van der Waals surface area contributed by atoms with Gasteiger partial charge in [-0.15, -0.1) is 0 Å². The minimum Gasteiger partial charge on any atom is -0.381 e. The minimum absolute atomic E-state index is 0.357. The van der Waals surface area contributed by atoms with Crippen LogP contribution in [0.3, 0.4) is 0 Å². The van der Waals surface area contributed by atoms with Crippen LogP contribution < -0.4 is 5.32 Å². The average molecular weight is 257 g/mol. The van der Waals surface area contributed by atoms with E-state index in [0.717, 1.165) is 36.5 Å². The average Bonchev–Trinajstić information content (AvgIpc) is 2.48. The van der Waals surface area contributed by atoms with Gasteiger partial charge in [-0.1, -0.05) is 12.1 Å². The van der Waals surface area contributed by atoms with E-state index in [4.69, 9.17) is 4.74 Å². The topological polar surface area (TPSA) is 47.0 Å². The van der Waals surface area contributed by atoms with E-state index in [0.29, 0.717) is 12.0 Å². The Morgan fingerprint density at radius 2 is 2.16 bits per heavy atom. The van der Waals surface area contributed by atoms with Gasteiger partial charge < -0.3 is 10.1 Å². The molecule has 2 heterocycles. The van der Waals surface area contributed by atoms with Crippen molar-refractivity contribution in [3.05, 3.63) is 30.5 Å². The van der Waals surface area contributed by atoms with Gasteiger partial charge in [0.1, 0.15) is 5.82 Å². The summed E-state index contributed by atoms with van der Waals surface area (Å²) in [5.74, 6) is 1.40. The fourth-order valence-corrected chi connectivity index (χ4v) is 2.54. The predicted octanol–water partition coefficient (Wildman–Crippen LogP) is 2.86. The van der Waals surface area contributed by atoms with Gasteiger partial charge in [-0.2, -0.15) is 0 Å². The Morgan fingerprint density at radius 1 is 1.32 bits per heavy atom. The van der Waals surface area contributed by atoms with Gasteiger partial charge in [0.25, 0.3) is 0 Å². The highest BCUT2D eigenvalue weighted by Crippen LogP contribution is 2.20. The molecule has 1 aliphatic rings. The van der Waals surface area contributed by atoms with Gasteiger partial charge in [0.2, 0.25) is 0 Å². The number of nitrogens with one attached hydrogen (secondary N) is 1. The van der Waals surface area contributed by atoms with Crippen molar-refractivity contribution < 1.29 is 4.74 Å². The molecule has 2 aromatic rings. The fraction of sp³-hybridized carbons (Fsp3) is 0.467. The van der Waals surface area contributed by atoms with Gasteiger partial charge in [-0.3, -0.25) is 4.98 Å². The Morgan fingerprint density at radius 3 is 2.95 bits per heavy atom. The zero-order valence-corrected chi connectivity index (χ0v) is 11.2. The number of rotatable bonds is 3. The summed E-state index contributed by atoms with van der Waals surface area (Å²) in [5, 5.41) is 3.45. The van der Waals surface area contributed by atoms with E-state index >= 15 is 0 Å². The highest BCUT2D eigenvalue weighted by molar-refractivity contribution is 5.75. The number of benzene rings is 1. The van der Waals surface area contributed by atoms with Gasteiger partial charge in [0.05, 0.1) is 23.8 Å². The molecule has 100 valence electrons. The molecular formula is C15H19N3O. The van der Waals surface area contributed by atoms with E-state index in [1.54, 1.807) is 0 Å². The van der Waals surface area contributed by atoms with Gasteiger partial charge in [-0.05, 0) is 31.9 Å². The largest absolute Gasteiger partial charge is 0.381 e. The first-order valence-corrected chi connectivity index (χ1v) is 6.89. The summed E-state index contributed by atoms with van der Waals surface area (Å²) in [4.78, 5) is 9.02. The van der Waals surface area contributed by atoms with Crippen LogP contribution in [0.15, 0.2) is 30.5 Å². The van der Waals surface area contributed by atoms with Gasteiger partial charge in [-0.25, -0.2) is 4.98 Å². The number of ether oxygens (including phenoxy) is 1. The molecule has 0 amide bonds. The Balaban J connectivity index is 1.73. The number of hydrogen-bond acceptors (Lipinski definition) is 4. The van der Waals surface area contributed by atoms with E-state index < -0.39 is 0 Å². The molecule has 1 N–H and O–H groups in total. The molecule has 4 nitrogen and oxygen atoms in total. The normalized spacial score (nSPS) is 21.2. The van der Waals surface area contributed by atoms with Crippen molar-refractivity contribution in [1.82, 2.24) is 9.97 Å². The first-order valence-electron chi connectivity index (χ1n) is 6.89. The zero-order chi connectivity index (χ0) is 13.1. The molecule has 1 aromatic carbocycles. The quantitative estimate of drug-likeness (QED) is 0.918. The molecule has 2 atom stereocenters. The number of aromatic nitrogens is 2. The molecule has 19 heavy (non-hydrogen) atoms. The second kappa shape index (κ2) is 5.53. The molecule has 1 fully saturated rings. The lowest BCUT2D eigenvalue weighted by molar-refractivity contribution is 0.0496. The summed E-state index contributed by atoms with van der Waals surface area (Å²) in [6.45, 7) is 3.93. The SMILES string of the molecule is C[C@H](Nc1cnc2ccccc2n1)[C@H]1CCCOC1. The van der Waals surface area contributed by atoms with E-state index in [1.807, 2.05) is 30.5 Å². The van der Waals surface area contributed by atoms with Crippen LogP contribution >= 0.6 is 0 Å². The molecule has 0 unspecified atom stereocenters.